The number of benzene rings is 2. The number of anilines is 1. The molecule has 0 aliphatic carbocycles. The minimum atomic E-state index is -0.968. The molecule has 3 N–H and O–H groups in total. The third kappa shape index (κ3) is 5.44. The summed E-state index contributed by atoms with van der Waals surface area (Å²) in [5, 5.41) is 13.9. The van der Waals surface area contributed by atoms with E-state index in [0.717, 1.165) is 0 Å². The van der Waals surface area contributed by atoms with Gasteiger partial charge in [0.05, 0.1) is 6.42 Å². The molecule has 6 nitrogen and oxygen atoms in total. The first-order valence-corrected chi connectivity index (χ1v) is 8.38. The Bertz CT molecular complexity index is 780. The fourth-order valence-electron chi connectivity index (χ4n) is 2.31. The van der Waals surface area contributed by atoms with Gasteiger partial charge in [-0.15, -0.1) is 0 Å². The van der Waals surface area contributed by atoms with E-state index in [1.807, 2.05) is 12.1 Å². The van der Waals surface area contributed by atoms with Crippen LogP contribution in [0.4, 0.5) is 5.69 Å². The summed E-state index contributed by atoms with van der Waals surface area (Å²) in [7, 11) is 0. The summed E-state index contributed by atoms with van der Waals surface area (Å²) in [6, 6.07) is 13.9. The summed E-state index contributed by atoms with van der Waals surface area (Å²) in [6.07, 6.45) is -0.129. The second-order valence-corrected chi connectivity index (χ2v) is 6.21. The lowest BCUT2D eigenvalue weighted by molar-refractivity contribution is -0.136. The molecule has 0 aliphatic rings. The lowest BCUT2D eigenvalue weighted by atomic mass is 10.0. The van der Waals surface area contributed by atoms with E-state index in [0.29, 0.717) is 22.7 Å². The lowest BCUT2D eigenvalue weighted by Gasteiger charge is -2.09. The van der Waals surface area contributed by atoms with Crippen LogP contribution in [-0.4, -0.2) is 29.4 Å². The van der Waals surface area contributed by atoms with Crippen molar-refractivity contribution in [3.8, 4) is 0 Å². The minimum Gasteiger partial charge on any atom is -0.481 e. The smallest absolute Gasteiger partial charge is 0.305 e. The van der Waals surface area contributed by atoms with Gasteiger partial charge >= 0.3 is 5.97 Å². The molecule has 0 saturated heterocycles. The molecule has 2 aromatic rings. The molecule has 0 aliphatic heterocycles. The van der Waals surface area contributed by atoms with Gasteiger partial charge in [0.25, 0.3) is 11.8 Å². The van der Waals surface area contributed by atoms with Gasteiger partial charge in [-0.3, -0.25) is 14.4 Å². The van der Waals surface area contributed by atoms with Crippen molar-refractivity contribution in [2.45, 2.75) is 26.2 Å². The quantitative estimate of drug-likeness (QED) is 0.711. The number of carbonyl (C=O) groups excluding carboxylic acids is 2. The summed E-state index contributed by atoms with van der Waals surface area (Å²) in [4.78, 5) is 34.6. The first kappa shape index (κ1) is 19.2. The van der Waals surface area contributed by atoms with Gasteiger partial charge in [-0.25, -0.2) is 0 Å². The zero-order valence-corrected chi connectivity index (χ0v) is 14.8. The first-order valence-electron chi connectivity index (χ1n) is 8.38. The van der Waals surface area contributed by atoms with E-state index in [4.69, 9.17) is 5.11 Å². The highest BCUT2D eigenvalue weighted by Gasteiger charge is 2.09. The lowest BCUT2D eigenvalue weighted by Crippen LogP contribution is -2.25. The second kappa shape index (κ2) is 8.80. The van der Waals surface area contributed by atoms with E-state index in [1.165, 1.54) is 5.56 Å². The number of carboxylic acid groups (broad SMARTS) is 1. The van der Waals surface area contributed by atoms with Crippen molar-refractivity contribution in [3.05, 3.63) is 65.2 Å². The van der Waals surface area contributed by atoms with Gasteiger partial charge in [-0.2, -0.15) is 0 Å². The minimum absolute atomic E-state index is 0.0685. The largest absolute Gasteiger partial charge is 0.481 e. The number of amides is 2. The average molecular weight is 354 g/mol. The molecule has 26 heavy (non-hydrogen) atoms. The van der Waals surface area contributed by atoms with Gasteiger partial charge < -0.3 is 15.7 Å². The molecule has 0 aromatic heterocycles. The number of carboxylic acids is 1. The maximum Gasteiger partial charge on any atom is 0.305 e. The van der Waals surface area contributed by atoms with Gasteiger partial charge in [-0.05, 0) is 47.9 Å². The molecule has 0 saturated carbocycles. The van der Waals surface area contributed by atoms with E-state index in [2.05, 4.69) is 24.5 Å². The van der Waals surface area contributed by atoms with Gasteiger partial charge in [0.15, 0.2) is 0 Å². The number of hydrogen-bond acceptors (Lipinski definition) is 3. The Morgan fingerprint density at radius 1 is 0.885 bits per heavy atom. The van der Waals surface area contributed by atoms with Crippen LogP contribution in [-0.2, 0) is 4.79 Å². The van der Waals surface area contributed by atoms with Crippen molar-refractivity contribution in [1.82, 2.24) is 5.32 Å². The van der Waals surface area contributed by atoms with E-state index >= 15 is 0 Å². The van der Waals surface area contributed by atoms with Crippen molar-refractivity contribution in [2.24, 2.45) is 0 Å². The van der Waals surface area contributed by atoms with E-state index in [1.54, 1.807) is 36.4 Å². The highest BCUT2D eigenvalue weighted by molar-refractivity contribution is 6.04. The summed E-state index contributed by atoms with van der Waals surface area (Å²) >= 11 is 0. The van der Waals surface area contributed by atoms with Gasteiger partial charge in [0.1, 0.15) is 0 Å². The van der Waals surface area contributed by atoms with Crippen molar-refractivity contribution < 1.29 is 19.5 Å². The molecule has 0 spiro atoms. The highest BCUT2D eigenvalue weighted by atomic mass is 16.4. The zero-order valence-electron chi connectivity index (χ0n) is 14.8. The number of rotatable bonds is 7. The molecule has 2 amide bonds. The first-order chi connectivity index (χ1) is 12.4. The normalized spacial score (nSPS) is 10.4. The summed E-state index contributed by atoms with van der Waals surface area (Å²) in [5.74, 6) is -1.14. The molecule has 0 radical (unpaired) electrons. The molecular formula is C20H22N2O4. The predicted molar refractivity (Wildman–Crippen MR) is 99.5 cm³/mol. The highest BCUT2D eigenvalue weighted by Crippen LogP contribution is 2.16. The topological polar surface area (TPSA) is 95.5 Å². The van der Waals surface area contributed by atoms with Crippen LogP contribution in [0, 0.1) is 0 Å². The number of nitrogens with one attached hydrogen (secondary N) is 2. The second-order valence-electron chi connectivity index (χ2n) is 6.21. The summed E-state index contributed by atoms with van der Waals surface area (Å²) < 4.78 is 0. The molecule has 136 valence electrons. The standard InChI is InChI=1S/C20H22N2O4/c1-13(2)14-3-5-16(6-4-14)20(26)22-17-9-7-15(8-10-17)19(25)21-12-11-18(23)24/h3-10,13H,11-12H2,1-2H3,(H,21,25)(H,22,26)(H,23,24). The number of carbonyl (C=O) groups is 3. The van der Waals surface area contributed by atoms with Crippen LogP contribution >= 0.6 is 0 Å². The molecule has 0 atom stereocenters. The van der Waals surface area contributed by atoms with Gasteiger partial charge in [0, 0.05) is 23.4 Å². The van der Waals surface area contributed by atoms with Crippen molar-refractivity contribution >= 4 is 23.5 Å². The fraction of sp³-hybridized carbons (Fsp3) is 0.250. The van der Waals surface area contributed by atoms with Crippen LogP contribution in [0.15, 0.2) is 48.5 Å². The number of aliphatic carboxylic acids is 1. The van der Waals surface area contributed by atoms with Crippen molar-refractivity contribution in [1.29, 1.82) is 0 Å². The van der Waals surface area contributed by atoms with Crippen LogP contribution in [0.5, 0.6) is 0 Å². The SMILES string of the molecule is CC(C)c1ccc(C(=O)Nc2ccc(C(=O)NCCC(=O)O)cc2)cc1. The average Bonchev–Trinajstić information content (AvgIpc) is 2.62. The van der Waals surface area contributed by atoms with Crippen LogP contribution in [0.1, 0.15) is 52.5 Å². The van der Waals surface area contributed by atoms with E-state index < -0.39 is 5.97 Å². The van der Waals surface area contributed by atoms with Crippen molar-refractivity contribution in [2.75, 3.05) is 11.9 Å². The molecular weight excluding hydrogens is 332 g/mol. The molecule has 2 aromatic carbocycles. The molecule has 6 heteroatoms. The van der Waals surface area contributed by atoms with E-state index in [9.17, 15) is 14.4 Å². The Hall–Kier alpha value is -3.15. The fourth-order valence-corrected chi connectivity index (χ4v) is 2.31. The molecule has 2 rings (SSSR count). The number of hydrogen-bond donors (Lipinski definition) is 3. The summed E-state index contributed by atoms with van der Waals surface area (Å²) in [6.45, 7) is 4.25. The molecule has 0 unspecified atom stereocenters. The maximum absolute atomic E-state index is 12.3. The van der Waals surface area contributed by atoms with Crippen LogP contribution in [0.25, 0.3) is 0 Å². The zero-order chi connectivity index (χ0) is 19.1. The molecule has 0 bridgehead atoms. The molecule has 0 fully saturated rings. The Balaban J connectivity index is 1.94. The van der Waals surface area contributed by atoms with Crippen LogP contribution < -0.4 is 10.6 Å². The third-order valence-electron chi connectivity index (χ3n) is 3.87. The van der Waals surface area contributed by atoms with Gasteiger partial charge in [-0.1, -0.05) is 26.0 Å². The van der Waals surface area contributed by atoms with E-state index in [-0.39, 0.29) is 24.8 Å². The Kier molecular flexibility index (Phi) is 6.49. The Labute approximate surface area is 152 Å². The Morgan fingerprint density at radius 2 is 1.42 bits per heavy atom. The molecule has 0 heterocycles. The monoisotopic (exact) mass is 354 g/mol. The van der Waals surface area contributed by atoms with Gasteiger partial charge in [0.2, 0.25) is 0 Å². The summed E-state index contributed by atoms with van der Waals surface area (Å²) in [5.41, 5.74) is 2.70. The van der Waals surface area contributed by atoms with Crippen LogP contribution in [0.2, 0.25) is 0 Å². The maximum atomic E-state index is 12.3. The van der Waals surface area contributed by atoms with Crippen molar-refractivity contribution in [3.63, 3.8) is 0 Å². The third-order valence-corrected chi connectivity index (χ3v) is 3.87. The Morgan fingerprint density at radius 3 is 1.96 bits per heavy atom. The van der Waals surface area contributed by atoms with Crippen LogP contribution in [0.3, 0.4) is 0 Å². The predicted octanol–water partition coefficient (Wildman–Crippen LogP) is 3.27.